The summed E-state index contributed by atoms with van der Waals surface area (Å²) in [4.78, 5) is 30.4. The van der Waals surface area contributed by atoms with Gasteiger partial charge in [0.15, 0.2) is 0 Å². The van der Waals surface area contributed by atoms with Crippen LogP contribution >= 0.6 is 11.6 Å². The van der Waals surface area contributed by atoms with Crippen molar-refractivity contribution in [1.29, 1.82) is 0 Å². The van der Waals surface area contributed by atoms with Crippen LogP contribution in [0.5, 0.6) is 0 Å². The minimum atomic E-state index is -0.273. The summed E-state index contributed by atoms with van der Waals surface area (Å²) >= 11 is 6.06. The van der Waals surface area contributed by atoms with E-state index in [0.29, 0.717) is 28.4 Å². The first-order chi connectivity index (χ1) is 14.6. The zero-order valence-electron chi connectivity index (χ0n) is 16.2. The average Bonchev–Trinajstić information content (AvgIpc) is 3.29. The molecule has 0 fully saturated rings. The van der Waals surface area contributed by atoms with Crippen LogP contribution in [0.4, 0.5) is 5.69 Å². The molecule has 30 heavy (non-hydrogen) atoms. The molecule has 5 heteroatoms. The van der Waals surface area contributed by atoms with Crippen LogP contribution in [0.15, 0.2) is 84.6 Å². The zero-order valence-corrected chi connectivity index (χ0v) is 17.0. The van der Waals surface area contributed by atoms with Gasteiger partial charge in [-0.05, 0) is 41.3 Å². The Morgan fingerprint density at radius 1 is 0.800 bits per heavy atom. The maximum absolute atomic E-state index is 13.5. The molecular formula is C25H19ClN2O2. The van der Waals surface area contributed by atoms with Gasteiger partial charge in [0.2, 0.25) is 0 Å². The molecule has 0 N–H and O–H groups in total. The van der Waals surface area contributed by atoms with Gasteiger partial charge in [-0.15, -0.1) is 0 Å². The van der Waals surface area contributed by atoms with E-state index in [2.05, 4.69) is 6.07 Å². The van der Waals surface area contributed by atoms with E-state index in [4.69, 9.17) is 11.6 Å². The number of carbonyl (C=O) groups excluding carboxylic acids is 2. The summed E-state index contributed by atoms with van der Waals surface area (Å²) in [7, 11) is 0. The van der Waals surface area contributed by atoms with Gasteiger partial charge in [-0.2, -0.15) is 0 Å². The number of anilines is 1. The van der Waals surface area contributed by atoms with E-state index in [9.17, 15) is 9.59 Å². The molecule has 0 aliphatic carbocycles. The molecule has 0 saturated heterocycles. The van der Waals surface area contributed by atoms with Gasteiger partial charge in [-0.3, -0.25) is 14.5 Å². The van der Waals surface area contributed by atoms with Crippen molar-refractivity contribution in [1.82, 2.24) is 4.90 Å². The summed E-state index contributed by atoms with van der Waals surface area (Å²) in [6.45, 7) is 0.915. The van der Waals surface area contributed by atoms with Crippen molar-refractivity contribution in [3.63, 3.8) is 0 Å². The predicted molar refractivity (Wildman–Crippen MR) is 118 cm³/mol. The molecule has 0 unspecified atom stereocenters. The molecule has 3 aromatic rings. The quantitative estimate of drug-likeness (QED) is 0.582. The number of halogens is 1. The number of carbonyl (C=O) groups is 2. The summed E-state index contributed by atoms with van der Waals surface area (Å²) in [5, 5.41) is 0.588. The topological polar surface area (TPSA) is 40.6 Å². The van der Waals surface area contributed by atoms with Gasteiger partial charge in [-0.1, -0.05) is 72.3 Å². The van der Waals surface area contributed by atoms with Crippen LogP contribution < -0.4 is 4.90 Å². The molecule has 148 valence electrons. The highest BCUT2D eigenvalue weighted by Gasteiger charge is 2.43. The van der Waals surface area contributed by atoms with Crippen molar-refractivity contribution in [3.05, 3.63) is 106 Å². The van der Waals surface area contributed by atoms with Gasteiger partial charge in [-0.25, -0.2) is 0 Å². The normalized spacial score (nSPS) is 15.9. The second kappa shape index (κ2) is 7.47. The molecule has 4 nitrogen and oxygen atoms in total. The Bertz CT molecular complexity index is 1170. The maximum atomic E-state index is 13.5. The average molecular weight is 415 g/mol. The Balaban J connectivity index is 1.62. The molecule has 0 aromatic heterocycles. The number of nitrogens with zero attached hydrogens (tertiary/aromatic N) is 2. The number of hydrogen-bond donors (Lipinski definition) is 0. The Hall–Kier alpha value is -3.37. The Kier molecular flexibility index (Phi) is 4.64. The smallest absolute Gasteiger partial charge is 0.278 e. The fourth-order valence-electron chi connectivity index (χ4n) is 4.17. The first-order valence-electron chi connectivity index (χ1n) is 9.89. The van der Waals surface area contributed by atoms with E-state index in [1.54, 1.807) is 24.3 Å². The molecule has 0 spiro atoms. The Morgan fingerprint density at radius 2 is 1.50 bits per heavy atom. The summed E-state index contributed by atoms with van der Waals surface area (Å²) < 4.78 is 0. The number of rotatable bonds is 4. The molecule has 2 aliphatic rings. The van der Waals surface area contributed by atoms with E-state index in [1.165, 1.54) is 10.5 Å². The summed E-state index contributed by atoms with van der Waals surface area (Å²) in [5.41, 5.74) is 4.67. The van der Waals surface area contributed by atoms with Crippen LogP contribution in [0.2, 0.25) is 5.02 Å². The molecular weight excluding hydrogens is 396 g/mol. The summed E-state index contributed by atoms with van der Waals surface area (Å²) in [5.74, 6) is -0.531. The largest absolute Gasteiger partial charge is 0.336 e. The van der Waals surface area contributed by atoms with Crippen LogP contribution in [-0.2, 0) is 22.6 Å². The van der Waals surface area contributed by atoms with Gasteiger partial charge in [0.25, 0.3) is 11.8 Å². The van der Waals surface area contributed by atoms with E-state index >= 15 is 0 Å². The lowest BCUT2D eigenvalue weighted by Crippen LogP contribution is -2.34. The lowest BCUT2D eigenvalue weighted by atomic mass is 10.0. The van der Waals surface area contributed by atoms with Crippen LogP contribution in [0.25, 0.3) is 5.57 Å². The molecule has 3 aromatic carbocycles. The van der Waals surface area contributed by atoms with Crippen molar-refractivity contribution in [2.24, 2.45) is 0 Å². The highest BCUT2D eigenvalue weighted by Crippen LogP contribution is 2.39. The van der Waals surface area contributed by atoms with Crippen LogP contribution in [0.3, 0.4) is 0 Å². The van der Waals surface area contributed by atoms with Gasteiger partial charge in [0.1, 0.15) is 5.70 Å². The molecule has 2 heterocycles. The molecule has 2 amide bonds. The standard InChI is InChI=1S/C25H19ClN2O2/c26-20-12-10-19(11-13-20)22-23(27-15-14-18-8-4-5-9-21(18)27)25(30)28(24(22)29)16-17-6-2-1-3-7-17/h1-13H,14-16H2. The molecule has 0 radical (unpaired) electrons. The van der Waals surface area contributed by atoms with Crippen molar-refractivity contribution in [2.75, 3.05) is 11.4 Å². The van der Waals surface area contributed by atoms with E-state index in [0.717, 1.165) is 17.7 Å². The molecule has 5 rings (SSSR count). The monoisotopic (exact) mass is 414 g/mol. The molecule has 0 saturated carbocycles. The van der Waals surface area contributed by atoms with Gasteiger partial charge in [0, 0.05) is 17.3 Å². The van der Waals surface area contributed by atoms with E-state index in [1.807, 2.05) is 53.4 Å². The van der Waals surface area contributed by atoms with Crippen molar-refractivity contribution < 1.29 is 9.59 Å². The maximum Gasteiger partial charge on any atom is 0.278 e. The highest BCUT2D eigenvalue weighted by atomic mass is 35.5. The van der Waals surface area contributed by atoms with Crippen LogP contribution in [-0.4, -0.2) is 23.3 Å². The number of fused-ring (bicyclic) bond motifs is 1. The van der Waals surface area contributed by atoms with Crippen molar-refractivity contribution in [3.8, 4) is 0 Å². The van der Waals surface area contributed by atoms with Crippen LogP contribution in [0.1, 0.15) is 16.7 Å². The Morgan fingerprint density at radius 3 is 2.27 bits per heavy atom. The van der Waals surface area contributed by atoms with Crippen molar-refractivity contribution in [2.45, 2.75) is 13.0 Å². The number of amides is 2. The Labute approximate surface area is 180 Å². The third kappa shape index (κ3) is 3.10. The third-order valence-corrected chi connectivity index (χ3v) is 5.87. The van der Waals surface area contributed by atoms with Gasteiger partial charge < -0.3 is 4.90 Å². The zero-order chi connectivity index (χ0) is 20.7. The number of para-hydroxylation sites is 1. The predicted octanol–water partition coefficient (Wildman–Crippen LogP) is 4.68. The fourth-order valence-corrected chi connectivity index (χ4v) is 4.30. The van der Waals surface area contributed by atoms with Crippen LogP contribution in [0, 0.1) is 0 Å². The van der Waals surface area contributed by atoms with Crippen molar-refractivity contribution >= 4 is 34.7 Å². The lowest BCUT2D eigenvalue weighted by Gasteiger charge is -2.22. The highest BCUT2D eigenvalue weighted by molar-refractivity contribution is 6.37. The minimum absolute atomic E-state index is 0.245. The van der Waals surface area contributed by atoms with Gasteiger partial charge in [0.05, 0.1) is 12.1 Å². The second-order valence-electron chi connectivity index (χ2n) is 7.44. The molecule has 0 bridgehead atoms. The van der Waals surface area contributed by atoms with E-state index < -0.39 is 0 Å². The fraction of sp³-hybridized carbons (Fsp3) is 0.120. The molecule has 0 atom stereocenters. The third-order valence-electron chi connectivity index (χ3n) is 5.62. The first-order valence-corrected chi connectivity index (χ1v) is 10.3. The lowest BCUT2D eigenvalue weighted by molar-refractivity contribution is -0.137. The summed E-state index contributed by atoms with van der Waals surface area (Å²) in [6, 6.07) is 24.7. The van der Waals surface area contributed by atoms with E-state index in [-0.39, 0.29) is 18.4 Å². The SMILES string of the molecule is O=C1C(c2ccc(Cl)cc2)=C(N2CCc3ccccc32)C(=O)N1Cc1ccccc1. The second-order valence-corrected chi connectivity index (χ2v) is 7.88. The van der Waals surface area contributed by atoms with Gasteiger partial charge >= 0.3 is 0 Å². The number of imide groups is 1. The first kappa shape index (κ1) is 18.6. The molecule has 2 aliphatic heterocycles. The minimum Gasteiger partial charge on any atom is -0.336 e. The number of hydrogen-bond acceptors (Lipinski definition) is 3. The summed E-state index contributed by atoms with van der Waals surface area (Å²) in [6.07, 6.45) is 0.841. The number of benzene rings is 3.